The van der Waals surface area contributed by atoms with E-state index in [1.807, 2.05) is 27.7 Å². The third-order valence-corrected chi connectivity index (χ3v) is 5.23. The number of carbonyl (C=O) groups excluding carboxylic acids is 2. The first-order valence-corrected chi connectivity index (χ1v) is 8.17. The Kier molecular flexibility index (Phi) is 4.66. The standard InChI is InChI=1S/C15H22N2O3S/c1-5-20-14(19)15(10(2)3)6-7-17(8-15)13(18)12-11(4)16-9-21-12/h9-10H,5-8H2,1-4H3. The number of nitrogens with zero attached hydrogens (tertiary/aromatic N) is 2. The molecule has 0 N–H and O–H groups in total. The minimum Gasteiger partial charge on any atom is -0.466 e. The van der Waals surface area contributed by atoms with Crippen LogP contribution in [0.4, 0.5) is 0 Å². The number of amides is 1. The summed E-state index contributed by atoms with van der Waals surface area (Å²) in [5, 5.41) is 0. The molecule has 6 heteroatoms. The predicted molar refractivity (Wildman–Crippen MR) is 81.3 cm³/mol. The molecule has 2 heterocycles. The summed E-state index contributed by atoms with van der Waals surface area (Å²) in [7, 11) is 0. The van der Waals surface area contributed by atoms with Gasteiger partial charge in [0.05, 0.1) is 23.2 Å². The summed E-state index contributed by atoms with van der Waals surface area (Å²) in [5.74, 6) is -0.0740. The Labute approximate surface area is 129 Å². The topological polar surface area (TPSA) is 59.5 Å². The largest absolute Gasteiger partial charge is 0.466 e. The molecule has 1 amide bonds. The summed E-state index contributed by atoms with van der Waals surface area (Å²) in [4.78, 5) is 31.5. The molecular formula is C15H22N2O3S. The van der Waals surface area contributed by atoms with E-state index in [1.165, 1.54) is 11.3 Å². The number of hydrogen-bond acceptors (Lipinski definition) is 5. The molecule has 0 aromatic carbocycles. The second-order valence-corrected chi connectivity index (χ2v) is 6.63. The van der Waals surface area contributed by atoms with Gasteiger partial charge in [-0.25, -0.2) is 4.98 Å². The van der Waals surface area contributed by atoms with Crippen LogP contribution in [0.2, 0.25) is 0 Å². The van der Waals surface area contributed by atoms with Crippen molar-refractivity contribution in [1.82, 2.24) is 9.88 Å². The Morgan fingerprint density at radius 1 is 1.52 bits per heavy atom. The molecule has 1 fully saturated rings. The second kappa shape index (κ2) is 6.13. The fourth-order valence-corrected chi connectivity index (χ4v) is 3.58. The maximum Gasteiger partial charge on any atom is 0.314 e. The van der Waals surface area contributed by atoms with Crippen LogP contribution in [-0.4, -0.2) is 41.5 Å². The maximum absolute atomic E-state index is 12.6. The highest BCUT2D eigenvalue weighted by Gasteiger charge is 2.49. The normalized spacial score (nSPS) is 21.9. The Morgan fingerprint density at radius 3 is 2.76 bits per heavy atom. The van der Waals surface area contributed by atoms with Crippen LogP contribution in [0.1, 0.15) is 42.6 Å². The fraction of sp³-hybridized carbons (Fsp3) is 0.667. The molecule has 0 radical (unpaired) electrons. The first kappa shape index (κ1) is 15.9. The molecular weight excluding hydrogens is 288 g/mol. The summed E-state index contributed by atoms with van der Waals surface area (Å²) in [6, 6.07) is 0. The third kappa shape index (κ3) is 2.81. The molecule has 5 nitrogen and oxygen atoms in total. The Bertz CT molecular complexity index is 541. The van der Waals surface area contributed by atoms with Crippen molar-refractivity contribution in [2.45, 2.75) is 34.1 Å². The van der Waals surface area contributed by atoms with E-state index >= 15 is 0 Å². The zero-order valence-corrected chi connectivity index (χ0v) is 13.8. The van der Waals surface area contributed by atoms with Crippen LogP contribution in [0.3, 0.4) is 0 Å². The van der Waals surface area contributed by atoms with Crippen molar-refractivity contribution in [3.8, 4) is 0 Å². The molecule has 1 atom stereocenters. The Morgan fingerprint density at radius 2 is 2.24 bits per heavy atom. The number of carbonyl (C=O) groups is 2. The van der Waals surface area contributed by atoms with Gasteiger partial charge in [0, 0.05) is 13.1 Å². The highest BCUT2D eigenvalue weighted by atomic mass is 32.1. The Hall–Kier alpha value is -1.43. The van der Waals surface area contributed by atoms with Gasteiger partial charge >= 0.3 is 5.97 Å². The number of hydrogen-bond donors (Lipinski definition) is 0. The van der Waals surface area contributed by atoms with Crippen LogP contribution in [0.5, 0.6) is 0 Å². The molecule has 1 aromatic rings. The molecule has 0 aliphatic carbocycles. The third-order valence-electron chi connectivity index (χ3n) is 4.31. The van der Waals surface area contributed by atoms with Crippen molar-refractivity contribution < 1.29 is 14.3 Å². The van der Waals surface area contributed by atoms with E-state index in [2.05, 4.69) is 4.98 Å². The molecule has 0 spiro atoms. The molecule has 1 aliphatic rings. The lowest BCUT2D eigenvalue weighted by molar-refractivity contribution is -0.157. The van der Waals surface area contributed by atoms with E-state index in [-0.39, 0.29) is 17.8 Å². The minimum absolute atomic E-state index is 0.0261. The average molecular weight is 310 g/mol. The first-order valence-electron chi connectivity index (χ1n) is 7.29. The predicted octanol–water partition coefficient (Wildman–Crippen LogP) is 2.50. The Balaban J connectivity index is 2.19. The lowest BCUT2D eigenvalue weighted by Gasteiger charge is -2.30. The second-order valence-electron chi connectivity index (χ2n) is 5.77. The average Bonchev–Trinajstić information content (AvgIpc) is 3.05. The molecule has 0 bridgehead atoms. The number of ether oxygens (including phenoxy) is 1. The zero-order valence-electron chi connectivity index (χ0n) is 13.0. The fourth-order valence-electron chi connectivity index (χ4n) is 2.81. The number of aryl methyl sites for hydroxylation is 1. The number of rotatable bonds is 4. The molecule has 1 unspecified atom stereocenters. The van der Waals surface area contributed by atoms with Crippen LogP contribution in [0.15, 0.2) is 5.51 Å². The molecule has 1 aromatic heterocycles. The van der Waals surface area contributed by atoms with Crippen LogP contribution in [0, 0.1) is 18.3 Å². The van der Waals surface area contributed by atoms with E-state index < -0.39 is 5.41 Å². The van der Waals surface area contributed by atoms with Gasteiger partial charge in [-0.05, 0) is 26.2 Å². The van der Waals surface area contributed by atoms with Crippen molar-refractivity contribution in [3.05, 3.63) is 16.1 Å². The minimum atomic E-state index is -0.579. The smallest absolute Gasteiger partial charge is 0.314 e. The van der Waals surface area contributed by atoms with Gasteiger partial charge in [0.2, 0.25) is 0 Å². The van der Waals surface area contributed by atoms with E-state index in [4.69, 9.17) is 4.74 Å². The number of thiazole rings is 1. The van der Waals surface area contributed by atoms with Crippen molar-refractivity contribution >= 4 is 23.2 Å². The van der Waals surface area contributed by atoms with Gasteiger partial charge in [-0.2, -0.15) is 0 Å². The molecule has 2 rings (SSSR count). The monoisotopic (exact) mass is 310 g/mol. The molecule has 1 aliphatic heterocycles. The van der Waals surface area contributed by atoms with E-state index in [9.17, 15) is 9.59 Å². The molecule has 0 saturated carbocycles. The van der Waals surface area contributed by atoms with E-state index in [0.717, 1.165) is 5.69 Å². The maximum atomic E-state index is 12.6. The summed E-state index contributed by atoms with van der Waals surface area (Å²) in [6.45, 7) is 9.07. The van der Waals surface area contributed by atoms with Gasteiger partial charge < -0.3 is 9.64 Å². The lowest BCUT2D eigenvalue weighted by Crippen LogP contribution is -2.41. The van der Waals surface area contributed by atoms with Crippen LogP contribution < -0.4 is 0 Å². The van der Waals surface area contributed by atoms with Gasteiger partial charge in [-0.1, -0.05) is 13.8 Å². The van der Waals surface area contributed by atoms with Crippen molar-refractivity contribution in [2.24, 2.45) is 11.3 Å². The van der Waals surface area contributed by atoms with E-state index in [1.54, 1.807) is 10.4 Å². The van der Waals surface area contributed by atoms with Gasteiger partial charge in [0.15, 0.2) is 0 Å². The van der Waals surface area contributed by atoms with Crippen LogP contribution in [-0.2, 0) is 9.53 Å². The molecule has 1 saturated heterocycles. The van der Waals surface area contributed by atoms with Gasteiger partial charge in [0.1, 0.15) is 4.88 Å². The highest BCUT2D eigenvalue weighted by molar-refractivity contribution is 7.11. The number of esters is 1. The first-order chi connectivity index (χ1) is 9.92. The molecule has 116 valence electrons. The van der Waals surface area contributed by atoms with Crippen LogP contribution in [0.25, 0.3) is 0 Å². The van der Waals surface area contributed by atoms with Crippen molar-refractivity contribution in [1.29, 1.82) is 0 Å². The summed E-state index contributed by atoms with van der Waals surface area (Å²) >= 11 is 1.35. The van der Waals surface area contributed by atoms with Gasteiger partial charge in [-0.15, -0.1) is 11.3 Å². The SMILES string of the molecule is CCOC(=O)C1(C(C)C)CCN(C(=O)c2scnc2C)C1. The summed E-state index contributed by atoms with van der Waals surface area (Å²) < 4.78 is 5.25. The van der Waals surface area contributed by atoms with Gasteiger partial charge in [-0.3, -0.25) is 9.59 Å². The van der Waals surface area contributed by atoms with Crippen LogP contribution >= 0.6 is 11.3 Å². The summed E-state index contributed by atoms with van der Waals surface area (Å²) in [5.41, 5.74) is 1.85. The molecule has 21 heavy (non-hydrogen) atoms. The lowest BCUT2D eigenvalue weighted by atomic mass is 9.76. The summed E-state index contributed by atoms with van der Waals surface area (Å²) in [6.07, 6.45) is 0.660. The van der Waals surface area contributed by atoms with Gasteiger partial charge in [0.25, 0.3) is 5.91 Å². The van der Waals surface area contributed by atoms with Crippen molar-refractivity contribution in [2.75, 3.05) is 19.7 Å². The zero-order chi connectivity index (χ0) is 15.6. The number of aromatic nitrogens is 1. The number of likely N-dealkylation sites (tertiary alicyclic amines) is 1. The highest BCUT2D eigenvalue weighted by Crippen LogP contribution is 2.40. The quantitative estimate of drug-likeness (QED) is 0.802. The van der Waals surface area contributed by atoms with Crippen molar-refractivity contribution in [3.63, 3.8) is 0 Å². The van der Waals surface area contributed by atoms with E-state index in [0.29, 0.717) is 31.0 Å².